The number of aromatic nitrogens is 2. The maximum atomic E-state index is 4.17. The van der Waals surface area contributed by atoms with E-state index in [-0.39, 0.29) is 20.1 Å². The Kier molecular flexibility index (Phi) is 4.08. The van der Waals surface area contributed by atoms with Crippen LogP contribution >= 0.6 is 0 Å². The quantitative estimate of drug-likeness (QED) is 0.592. The smallest absolute Gasteiger partial charge is 0.0493 e. The minimum absolute atomic E-state index is 0. The van der Waals surface area contributed by atoms with E-state index in [4.69, 9.17) is 0 Å². The molecule has 18 heavy (non-hydrogen) atoms. The summed E-state index contributed by atoms with van der Waals surface area (Å²) in [6.45, 7) is 0. The van der Waals surface area contributed by atoms with Crippen LogP contribution in [0.5, 0.6) is 0 Å². The molecule has 0 aliphatic carbocycles. The van der Waals surface area contributed by atoms with E-state index in [1.807, 2.05) is 42.6 Å². The van der Waals surface area contributed by atoms with Crippen LogP contribution in [0.15, 0.2) is 67.0 Å². The average molecular weight is 411 g/mol. The molecule has 0 N–H and O–H groups in total. The third kappa shape index (κ3) is 2.58. The van der Waals surface area contributed by atoms with Crippen molar-refractivity contribution >= 4 is 0 Å². The Balaban J connectivity index is 0.00000120. The number of hydrogen-bond donors (Lipinski definition) is 0. The molecule has 0 atom stereocenters. The third-order valence-corrected chi connectivity index (χ3v) is 2.65. The molecule has 0 bridgehead atoms. The van der Waals surface area contributed by atoms with Gasteiger partial charge in [0, 0.05) is 32.5 Å². The Hall–Kier alpha value is -1.70. The van der Waals surface area contributed by atoms with E-state index in [1.165, 1.54) is 11.1 Å². The summed E-state index contributed by atoms with van der Waals surface area (Å²) in [5.41, 5.74) is 3.33. The number of rotatable bonds is 2. The summed E-state index contributed by atoms with van der Waals surface area (Å²) < 4.78 is 1.80. The van der Waals surface area contributed by atoms with Crippen molar-refractivity contribution in [2.24, 2.45) is 0 Å². The topological polar surface area (TPSA) is 17.8 Å². The maximum Gasteiger partial charge on any atom is 0.0493 e. The van der Waals surface area contributed by atoms with Gasteiger partial charge in [-0.05, 0) is 11.8 Å². The molecule has 0 fully saturated rings. The van der Waals surface area contributed by atoms with E-state index >= 15 is 0 Å². The van der Waals surface area contributed by atoms with E-state index in [0.29, 0.717) is 0 Å². The predicted molar refractivity (Wildman–Crippen MR) is 67.8 cm³/mol. The molecular weight excluding hydrogens is 400 g/mol. The van der Waals surface area contributed by atoms with Crippen molar-refractivity contribution in [3.63, 3.8) is 0 Å². The Morgan fingerprint density at radius 1 is 0.889 bits per heavy atom. The van der Waals surface area contributed by atoms with Gasteiger partial charge < -0.3 is 0 Å². The SMILES string of the molecule is [Ir].[c-]1cc(-c2ccccc2)ccc1-n1cccn1. The van der Waals surface area contributed by atoms with E-state index in [0.717, 1.165) is 5.69 Å². The molecule has 2 nitrogen and oxygen atoms in total. The summed E-state index contributed by atoms with van der Waals surface area (Å²) in [6, 6.07) is 21.5. The predicted octanol–water partition coefficient (Wildman–Crippen LogP) is 3.34. The van der Waals surface area contributed by atoms with Crippen LogP contribution in [0.25, 0.3) is 16.8 Å². The van der Waals surface area contributed by atoms with Gasteiger partial charge in [-0.3, -0.25) is 4.68 Å². The van der Waals surface area contributed by atoms with E-state index < -0.39 is 0 Å². The standard InChI is InChI=1S/C15H11N2.Ir/c1-2-5-13(6-3-1)14-7-9-15(10-8-14)17-12-4-11-16-17;/h1-9,11-12H;/q-1;. The van der Waals surface area contributed by atoms with Crippen molar-refractivity contribution in [2.75, 3.05) is 0 Å². The zero-order valence-electron chi connectivity index (χ0n) is 9.58. The van der Waals surface area contributed by atoms with Gasteiger partial charge in [0.05, 0.1) is 0 Å². The summed E-state index contributed by atoms with van der Waals surface area (Å²) >= 11 is 0. The van der Waals surface area contributed by atoms with Crippen molar-refractivity contribution in [2.45, 2.75) is 0 Å². The molecule has 3 rings (SSSR count). The molecule has 1 radical (unpaired) electrons. The van der Waals surface area contributed by atoms with Crippen LogP contribution < -0.4 is 0 Å². The zero-order valence-corrected chi connectivity index (χ0v) is 12.0. The van der Waals surface area contributed by atoms with Crippen LogP contribution in [0.3, 0.4) is 0 Å². The molecule has 91 valence electrons. The minimum atomic E-state index is 0. The van der Waals surface area contributed by atoms with Gasteiger partial charge in [-0.1, -0.05) is 35.9 Å². The van der Waals surface area contributed by atoms with Crippen LogP contribution in [0.1, 0.15) is 0 Å². The van der Waals surface area contributed by atoms with Crippen molar-refractivity contribution in [1.29, 1.82) is 0 Å². The molecule has 1 aromatic heterocycles. The molecule has 2 aromatic carbocycles. The molecule has 0 saturated carbocycles. The van der Waals surface area contributed by atoms with Gasteiger partial charge in [-0.15, -0.1) is 11.6 Å². The van der Waals surface area contributed by atoms with E-state index in [1.54, 1.807) is 10.9 Å². The maximum absolute atomic E-state index is 4.17. The number of nitrogens with zero attached hydrogens (tertiary/aromatic N) is 2. The first-order valence-electron chi connectivity index (χ1n) is 5.51. The summed E-state index contributed by atoms with van der Waals surface area (Å²) in [7, 11) is 0. The first-order chi connectivity index (χ1) is 8.43. The van der Waals surface area contributed by atoms with Crippen LogP contribution in [0.2, 0.25) is 0 Å². The van der Waals surface area contributed by atoms with Crippen molar-refractivity contribution in [1.82, 2.24) is 9.78 Å². The van der Waals surface area contributed by atoms with Gasteiger partial charge in [-0.25, -0.2) is 0 Å². The molecule has 3 aromatic rings. The molecule has 0 aliphatic rings. The number of hydrogen-bond acceptors (Lipinski definition) is 1. The molecule has 0 spiro atoms. The fraction of sp³-hybridized carbons (Fsp3) is 0. The third-order valence-electron chi connectivity index (χ3n) is 2.65. The fourth-order valence-electron chi connectivity index (χ4n) is 1.78. The molecule has 0 aliphatic heterocycles. The second-order valence-corrected chi connectivity index (χ2v) is 3.78. The van der Waals surface area contributed by atoms with Gasteiger partial charge in [0.1, 0.15) is 0 Å². The normalized spacial score (nSPS) is 9.78. The summed E-state index contributed by atoms with van der Waals surface area (Å²) in [4.78, 5) is 0. The summed E-state index contributed by atoms with van der Waals surface area (Å²) in [6.07, 6.45) is 3.67. The Morgan fingerprint density at radius 2 is 1.72 bits per heavy atom. The first kappa shape index (κ1) is 12.7. The average Bonchev–Trinajstić information content (AvgIpc) is 2.94. The Labute approximate surface area is 120 Å². The van der Waals surface area contributed by atoms with Crippen molar-refractivity contribution in [3.05, 3.63) is 73.1 Å². The van der Waals surface area contributed by atoms with Gasteiger partial charge in [0.2, 0.25) is 0 Å². The monoisotopic (exact) mass is 412 g/mol. The molecular formula is C15H11IrN2-. The summed E-state index contributed by atoms with van der Waals surface area (Å²) in [5.74, 6) is 0. The molecule has 0 amide bonds. The van der Waals surface area contributed by atoms with Gasteiger partial charge in [-0.2, -0.15) is 23.3 Å². The van der Waals surface area contributed by atoms with Crippen LogP contribution in [-0.4, -0.2) is 9.78 Å². The van der Waals surface area contributed by atoms with E-state index in [9.17, 15) is 0 Å². The van der Waals surface area contributed by atoms with E-state index in [2.05, 4.69) is 29.4 Å². The first-order valence-corrected chi connectivity index (χ1v) is 5.51. The Bertz CT molecular complexity index is 586. The van der Waals surface area contributed by atoms with Gasteiger partial charge in [0.25, 0.3) is 0 Å². The fourth-order valence-corrected chi connectivity index (χ4v) is 1.78. The van der Waals surface area contributed by atoms with Crippen LogP contribution in [0.4, 0.5) is 0 Å². The minimum Gasteiger partial charge on any atom is -0.266 e. The second kappa shape index (κ2) is 5.76. The largest absolute Gasteiger partial charge is 0.266 e. The van der Waals surface area contributed by atoms with Crippen LogP contribution in [-0.2, 0) is 20.1 Å². The molecule has 0 unspecified atom stereocenters. The molecule has 0 saturated heterocycles. The second-order valence-electron chi connectivity index (χ2n) is 3.78. The zero-order chi connectivity index (χ0) is 11.5. The Morgan fingerprint density at radius 3 is 2.33 bits per heavy atom. The van der Waals surface area contributed by atoms with Crippen LogP contribution in [0, 0.1) is 6.07 Å². The number of benzene rings is 2. The molecule has 3 heteroatoms. The van der Waals surface area contributed by atoms with Gasteiger partial charge in [0.15, 0.2) is 0 Å². The summed E-state index contributed by atoms with van der Waals surface area (Å²) in [5, 5.41) is 4.17. The van der Waals surface area contributed by atoms with Gasteiger partial charge >= 0.3 is 0 Å². The van der Waals surface area contributed by atoms with Crippen molar-refractivity contribution in [3.8, 4) is 16.8 Å². The van der Waals surface area contributed by atoms with Crippen molar-refractivity contribution < 1.29 is 20.1 Å². The molecule has 1 heterocycles.